The van der Waals surface area contributed by atoms with E-state index in [1.54, 1.807) is 24.0 Å². The van der Waals surface area contributed by atoms with Crippen LogP contribution in [0.2, 0.25) is 0 Å². The van der Waals surface area contributed by atoms with E-state index in [0.717, 1.165) is 0 Å². The Hall–Kier alpha value is -2.77. The van der Waals surface area contributed by atoms with Crippen LogP contribution in [0.1, 0.15) is 0 Å². The van der Waals surface area contributed by atoms with Crippen molar-refractivity contribution in [1.29, 1.82) is 0 Å². The number of aryl methyl sites for hydroxylation is 1. The standard InChI is InChI=1S/C11H10FN7/c1-18-5-4-10(15-18)19-11(14-16-17-19)8-6-7(12)2-3-9(8)13/h2-6H,13H2,1H3. The molecular weight excluding hydrogens is 249 g/mol. The molecule has 0 aliphatic rings. The Morgan fingerprint density at radius 2 is 2.11 bits per heavy atom. The number of rotatable bonds is 2. The molecule has 0 saturated heterocycles. The largest absolute Gasteiger partial charge is 0.398 e. The van der Waals surface area contributed by atoms with Crippen LogP contribution in [-0.2, 0) is 7.05 Å². The predicted molar refractivity (Wildman–Crippen MR) is 65.7 cm³/mol. The summed E-state index contributed by atoms with van der Waals surface area (Å²) in [6, 6.07) is 5.80. The monoisotopic (exact) mass is 259 g/mol. The number of nitrogen functional groups attached to an aromatic ring is 1. The van der Waals surface area contributed by atoms with Crippen molar-refractivity contribution in [2.75, 3.05) is 5.73 Å². The van der Waals surface area contributed by atoms with Gasteiger partial charge in [-0.15, -0.1) is 5.10 Å². The zero-order valence-electron chi connectivity index (χ0n) is 10.0. The molecule has 3 rings (SSSR count). The molecule has 2 N–H and O–H groups in total. The van der Waals surface area contributed by atoms with Gasteiger partial charge in [0.25, 0.3) is 0 Å². The Kier molecular flexibility index (Phi) is 2.48. The number of benzene rings is 1. The van der Waals surface area contributed by atoms with E-state index >= 15 is 0 Å². The van der Waals surface area contributed by atoms with Crippen LogP contribution < -0.4 is 5.73 Å². The molecule has 7 nitrogen and oxygen atoms in total. The summed E-state index contributed by atoms with van der Waals surface area (Å²) in [4.78, 5) is 0. The van der Waals surface area contributed by atoms with E-state index in [9.17, 15) is 4.39 Å². The van der Waals surface area contributed by atoms with Crippen LogP contribution >= 0.6 is 0 Å². The van der Waals surface area contributed by atoms with Crippen LogP contribution in [0.3, 0.4) is 0 Å². The summed E-state index contributed by atoms with van der Waals surface area (Å²) < 4.78 is 16.4. The van der Waals surface area contributed by atoms with Gasteiger partial charge in [-0.25, -0.2) is 4.39 Å². The topological polar surface area (TPSA) is 87.4 Å². The van der Waals surface area contributed by atoms with Crippen LogP contribution in [0, 0.1) is 5.82 Å². The van der Waals surface area contributed by atoms with Gasteiger partial charge in [0, 0.05) is 30.6 Å². The lowest BCUT2D eigenvalue weighted by Crippen LogP contribution is -2.03. The van der Waals surface area contributed by atoms with E-state index < -0.39 is 5.82 Å². The molecule has 2 heterocycles. The second kappa shape index (κ2) is 4.16. The predicted octanol–water partition coefficient (Wildman–Crippen LogP) is 0.784. The number of hydrogen-bond donors (Lipinski definition) is 1. The van der Waals surface area contributed by atoms with Crippen molar-refractivity contribution in [2.24, 2.45) is 7.05 Å². The summed E-state index contributed by atoms with van der Waals surface area (Å²) in [7, 11) is 1.78. The Balaban J connectivity index is 2.17. The van der Waals surface area contributed by atoms with E-state index in [2.05, 4.69) is 20.6 Å². The van der Waals surface area contributed by atoms with Crippen LogP contribution in [0.15, 0.2) is 30.5 Å². The second-order valence-electron chi connectivity index (χ2n) is 3.99. The molecule has 0 saturated carbocycles. The molecule has 0 unspecified atom stereocenters. The number of anilines is 1. The highest BCUT2D eigenvalue weighted by molar-refractivity contribution is 5.72. The van der Waals surface area contributed by atoms with Gasteiger partial charge in [0.05, 0.1) is 0 Å². The molecule has 96 valence electrons. The summed E-state index contributed by atoms with van der Waals surface area (Å²) in [5.41, 5.74) is 6.65. The van der Waals surface area contributed by atoms with E-state index in [1.165, 1.54) is 22.9 Å². The molecule has 19 heavy (non-hydrogen) atoms. The number of tetrazole rings is 1. The third-order valence-electron chi connectivity index (χ3n) is 2.64. The summed E-state index contributed by atoms with van der Waals surface area (Å²) in [5.74, 6) is 0.474. The SMILES string of the molecule is Cn1ccc(-n2nnnc2-c2cc(F)ccc2N)n1. The molecule has 0 aliphatic heterocycles. The molecule has 0 amide bonds. The molecule has 1 aromatic carbocycles. The average molecular weight is 259 g/mol. The number of hydrogen-bond acceptors (Lipinski definition) is 5. The molecule has 0 bridgehead atoms. The van der Waals surface area contributed by atoms with Gasteiger partial charge in [-0.05, 0) is 28.6 Å². The second-order valence-corrected chi connectivity index (χ2v) is 3.99. The maximum Gasteiger partial charge on any atom is 0.191 e. The van der Waals surface area contributed by atoms with Crippen molar-refractivity contribution in [3.05, 3.63) is 36.3 Å². The maximum atomic E-state index is 13.3. The zero-order chi connectivity index (χ0) is 13.4. The van der Waals surface area contributed by atoms with Crippen LogP contribution in [-0.4, -0.2) is 30.0 Å². The van der Waals surface area contributed by atoms with Crippen LogP contribution in [0.25, 0.3) is 17.2 Å². The van der Waals surface area contributed by atoms with Crippen molar-refractivity contribution in [3.8, 4) is 17.2 Å². The minimum atomic E-state index is -0.403. The normalized spacial score (nSPS) is 10.8. The summed E-state index contributed by atoms with van der Waals surface area (Å²) in [6.07, 6.45) is 1.76. The lowest BCUT2D eigenvalue weighted by Gasteiger charge is -2.04. The van der Waals surface area contributed by atoms with Gasteiger partial charge in [0.15, 0.2) is 11.6 Å². The van der Waals surface area contributed by atoms with Crippen LogP contribution in [0.5, 0.6) is 0 Å². The number of aromatic nitrogens is 6. The minimum Gasteiger partial charge on any atom is -0.398 e. The van der Waals surface area contributed by atoms with Crippen molar-refractivity contribution in [3.63, 3.8) is 0 Å². The van der Waals surface area contributed by atoms with E-state index in [0.29, 0.717) is 22.9 Å². The Labute approximate surface area is 107 Å². The zero-order valence-corrected chi connectivity index (χ0v) is 10.0. The highest BCUT2D eigenvalue weighted by Gasteiger charge is 2.15. The van der Waals surface area contributed by atoms with Crippen molar-refractivity contribution in [1.82, 2.24) is 30.0 Å². The Morgan fingerprint density at radius 3 is 2.84 bits per heavy atom. The molecule has 0 spiro atoms. The van der Waals surface area contributed by atoms with E-state index in [-0.39, 0.29) is 0 Å². The van der Waals surface area contributed by atoms with Crippen molar-refractivity contribution < 1.29 is 4.39 Å². The van der Waals surface area contributed by atoms with Gasteiger partial charge in [-0.3, -0.25) is 4.68 Å². The molecular formula is C11H10FN7. The Morgan fingerprint density at radius 1 is 1.26 bits per heavy atom. The fraction of sp³-hybridized carbons (Fsp3) is 0.0909. The quantitative estimate of drug-likeness (QED) is 0.687. The number of nitrogens with two attached hydrogens (primary N) is 1. The van der Waals surface area contributed by atoms with Gasteiger partial charge in [0.2, 0.25) is 0 Å². The first kappa shape index (κ1) is 11.3. The molecule has 8 heteroatoms. The first-order valence-corrected chi connectivity index (χ1v) is 5.49. The van der Waals surface area contributed by atoms with Gasteiger partial charge in [-0.2, -0.15) is 9.78 Å². The van der Waals surface area contributed by atoms with E-state index in [4.69, 9.17) is 5.73 Å². The van der Waals surface area contributed by atoms with Gasteiger partial charge in [0.1, 0.15) is 5.82 Å². The van der Waals surface area contributed by atoms with Gasteiger partial charge < -0.3 is 5.73 Å². The smallest absolute Gasteiger partial charge is 0.191 e. The first-order valence-electron chi connectivity index (χ1n) is 5.49. The molecule has 3 aromatic rings. The minimum absolute atomic E-state index is 0.343. The molecule has 2 aromatic heterocycles. The summed E-state index contributed by atoms with van der Waals surface area (Å²) >= 11 is 0. The average Bonchev–Trinajstić information content (AvgIpc) is 3.00. The molecule has 0 atom stereocenters. The molecule has 0 radical (unpaired) electrons. The third kappa shape index (κ3) is 1.92. The lowest BCUT2D eigenvalue weighted by molar-refractivity contribution is 0.628. The molecule has 0 aliphatic carbocycles. The first-order chi connectivity index (χ1) is 9.15. The third-order valence-corrected chi connectivity index (χ3v) is 2.64. The Bertz CT molecular complexity index is 730. The van der Waals surface area contributed by atoms with Gasteiger partial charge >= 0.3 is 0 Å². The molecule has 0 fully saturated rings. The van der Waals surface area contributed by atoms with Crippen molar-refractivity contribution in [2.45, 2.75) is 0 Å². The highest BCUT2D eigenvalue weighted by atomic mass is 19.1. The summed E-state index contributed by atoms with van der Waals surface area (Å²) in [6.45, 7) is 0. The van der Waals surface area contributed by atoms with E-state index in [1.807, 2.05) is 0 Å². The summed E-state index contributed by atoms with van der Waals surface area (Å²) in [5, 5.41) is 15.5. The highest BCUT2D eigenvalue weighted by Crippen LogP contribution is 2.25. The fourth-order valence-electron chi connectivity index (χ4n) is 1.75. The number of halogens is 1. The number of nitrogens with zero attached hydrogens (tertiary/aromatic N) is 6. The maximum absolute atomic E-state index is 13.3. The lowest BCUT2D eigenvalue weighted by atomic mass is 10.1. The van der Waals surface area contributed by atoms with Crippen molar-refractivity contribution >= 4 is 5.69 Å². The van der Waals surface area contributed by atoms with Crippen LogP contribution in [0.4, 0.5) is 10.1 Å². The fourth-order valence-corrected chi connectivity index (χ4v) is 1.75. The van der Waals surface area contributed by atoms with Gasteiger partial charge in [-0.1, -0.05) is 0 Å².